The summed E-state index contributed by atoms with van der Waals surface area (Å²) in [6.45, 7) is 4.73. The molecule has 6 nitrogen and oxygen atoms in total. The number of imide groups is 1. The average Bonchev–Trinajstić information content (AvgIpc) is 2.42. The fourth-order valence-corrected chi connectivity index (χ4v) is 2.16. The molecule has 0 saturated heterocycles. The lowest BCUT2D eigenvalue weighted by Gasteiger charge is -2.18. The number of hydrogen-bond donors (Lipinski definition) is 3. The van der Waals surface area contributed by atoms with Crippen LogP contribution in [-0.4, -0.2) is 25.1 Å². The van der Waals surface area contributed by atoms with E-state index in [0.717, 1.165) is 23.0 Å². The molecule has 1 aromatic carbocycles. The van der Waals surface area contributed by atoms with Crippen molar-refractivity contribution in [3.63, 3.8) is 0 Å². The van der Waals surface area contributed by atoms with Crippen molar-refractivity contribution in [2.75, 3.05) is 13.2 Å². The van der Waals surface area contributed by atoms with Crippen LogP contribution in [0.5, 0.6) is 5.75 Å². The summed E-state index contributed by atoms with van der Waals surface area (Å²) in [5, 5.41) is 5.32. The predicted octanol–water partition coefficient (Wildman–Crippen LogP) is 2.08. The number of nitrogens with one attached hydrogen (secondary N) is 2. The van der Waals surface area contributed by atoms with Crippen LogP contribution >= 0.6 is 15.9 Å². The van der Waals surface area contributed by atoms with E-state index in [1.165, 1.54) is 0 Å². The topological polar surface area (TPSA) is 93.4 Å². The number of halogens is 1. The molecule has 3 amide bonds. The molecule has 1 aromatic rings. The van der Waals surface area contributed by atoms with Gasteiger partial charge in [0.15, 0.2) is 6.61 Å². The Morgan fingerprint density at radius 3 is 2.76 bits per heavy atom. The van der Waals surface area contributed by atoms with Crippen LogP contribution in [0.15, 0.2) is 22.7 Å². The van der Waals surface area contributed by atoms with Crippen molar-refractivity contribution in [1.82, 2.24) is 10.6 Å². The van der Waals surface area contributed by atoms with Crippen molar-refractivity contribution < 1.29 is 14.3 Å². The third-order valence-electron chi connectivity index (χ3n) is 2.76. The molecule has 0 bridgehead atoms. The molecule has 1 atom stereocenters. The highest BCUT2D eigenvalue weighted by Crippen LogP contribution is 2.28. The van der Waals surface area contributed by atoms with E-state index in [4.69, 9.17) is 10.5 Å². The predicted molar refractivity (Wildman–Crippen MR) is 84.1 cm³/mol. The summed E-state index contributed by atoms with van der Waals surface area (Å²) in [6.07, 6.45) is 1.02. The lowest BCUT2D eigenvalue weighted by Crippen LogP contribution is -2.38. The molecule has 0 saturated carbocycles. The highest BCUT2D eigenvalue weighted by atomic mass is 79.9. The van der Waals surface area contributed by atoms with E-state index in [-0.39, 0.29) is 12.6 Å². The molecule has 1 unspecified atom stereocenters. The molecule has 0 radical (unpaired) electrons. The Morgan fingerprint density at radius 2 is 2.14 bits per heavy atom. The summed E-state index contributed by atoms with van der Waals surface area (Å²) in [5.74, 6) is 0.0134. The number of carbonyl (C=O) groups is 2. The lowest BCUT2D eigenvalue weighted by molar-refractivity contribution is -0.121. The molecule has 0 heterocycles. The Kier molecular flexibility index (Phi) is 7.18. The molecule has 0 spiro atoms. The van der Waals surface area contributed by atoms with E-state index in [2.05, 4.69) is 28.2 Å². The standard InChI is InChI=1S/C14H20BrN3O3/c1-3-6-17-9(2)11-7-10(15)4-5-12(11)21-8-13(19)18-14(16)20/h4-5,7,9,17H,3,6,8H2,1-2H3,(H3,16,18,19,20). The minimum absolute atomic E-state index is 0.0802. The number of benzene rings is 1. The smallest absolute Gasteiger partial charge is 0.318 e. The molecule has 0 aliphatic rings. The van der Waals surface area contributed by atoms with Crippen LogP contribution in [0.2, 0.25) is 0 Å². The average molecular weight is 358 g/mol. The van der Waals surface area contributed by atoms with Gasteiger partial charge in [-0.3, -0.25) is 10.1 Å². The summed E-state index contributed by atoms with van der Waals surface area (Å²) >= 11 is 3.42. The molecule has 1 rings (SSSR count). The first-order valence-corrected chi connectivity index (χ1v) is 7.48. The normalized spacial score (nSPS) is 11.8. The molecule has 0 aliphatic heterocycles. The summed E-state index contributed by atoms with van der Waals surface area (Å²) in [4.78, 5) is 22.0. The fraction of sp³-hybridized carbons (Fsp3) is 0.429. The van der Waals surface area contributed by atoms with Gasteiger partial charge in [-0.05, 0) is 38.1 Å². The third-order valence-corrected chi connectivity index (χ3v) is 3.25. The summed E-state index contributed by atoms with van der Waals surface area (Å²) in [7, 11) is 0. The number of ether oxygens (including phenoxy) is 1. The zero-order valence-corrected chi connectivity index (χ0v) is 13.7. The molecule has 7 heteroatoms. The number of rotatable bonds is 7. The van der Waals surface area contributed by atoms with Gasteiger partial charge in [0, 0.05) is 16.1 Å². The molecule has 21 heavy (non-hydrogen) atoms. The van der Waals surface area contributed by atoms with Crippen LogP contribution in [0.1, 0.15) is 31.9 Å². The minimum atomic E-state index is -0.891. The van der Waals surface area contributed by atoms with Gasteiger partial charge >= 0.3 is 6.03 Å². The maximum atomic E-state index is 11.4. The monoisotopic (exact) mass is 357 g/mol. The Morgan fingerprint density at radius 1 is 1.43 bits per heavy atom. The number of primary amides is 1. The second kappa shape index (κ2) is 8.63. The highest BCUT2D eigenvalue weighted by Gasteiger charge is 2.13. The van der Waals surface area contributed by atoms with Gasteiger partial charge in [0.05, 0.1) is 0 Å². The van der Waals surface area contributed by atoms with Crippen molar-refractivity contribution >= 4 is 27.9 Å². The molecule has 0 fully saturated rings. The minimum Gasteiger partial charge on any atom is -0.483 e. The van der Waals surface area contributed by atoms with Gasteiger partial charge in [-0.2, -0.15) is 0 Å². The molecule has 0 aromatic heterocycles. The number of hydrogen-bond acceptors (Lipinski definition) is 4. The zero-order chi connectivity index (χ0) is 15.8. The van der Waals surface area contributed by atoms with E-state index >= 15 is 0 Å². The fourth-order valence-electron chi connectivity index (χ4n) is 1.78. The molecular formula is C14H20BrN3O3. The first-order chi connectivity index (χ1) is 9.93. The van der Waals surface area contributed by atoms with Crippen LogP contribution in [0.3, 0.4) is 0 Å². The third kappa shape index (κ3) is 6.14. The van der Waals surface area contributed by atoms with E-state index < -0.39 is 11.9 Å². The van der Waals surface area contributed by atoms with E-state index in [0.29, 0.717) is 5.75 Å². The summed E-state index contributed by atoms with van der Waals surface area (Å²) < 4.78 is 6.40. The number of amides is 3. The number of nitrogens with two attached hydrogens (primary N) is 1. The van der Waals surface area contributed by atoms with Gasteiger partial charge in [-0.1, -0.05) is 22.9 Å². The van der Waals surface area contributed by atoms with Crippen molar-refractivity contribution in [3.8, 4) is 5.75 Å². The summed E-state index contributed by atoms with van der Waals surface area (Å²) in [5.41, 5.74) is 5.81. The van der Waals surface area contributed by atoms with Crippen molar-refractivity contribution in [3.05, 3.63) is 28.2 Å². The SMILES string of the molecule is CCCNC(C)c1cc(Br)ccc1OCC(=O)NC(N)=O. The first-order valence-electron chi connectivity index (χ1n) is 6.69. The maximum Gasteiger partial charge on any atom is 0.318 e. The van der Waals surface area contributed by atoms with E-state index in [9.17, 15) is 9.59 Å². The zero-order valence-electron chi connectivity index (χ0n) is 12.1. The van der Waals surface area contributed by atoms with Crippen molar-refractivity contribution in [1.29, 1.82) is 0 Å². The Bertz CT molecular complexity index is 508. The van der Waals surface area contributed by atoms with Gasteiger partial charge in [0.25, 0.3) is 5.91 Å². The molecule has 4 N–H and O–H groups in total. The quantitative estimate of drug-likeness (QED) is 0.696. The van der Waals surface area contributed by atoms with Gasteiger partial charge < -0.3 is 15.8 Å². The first kappa shape index (κ1) is 17.5. The Hall–Kier alpha value is -1.60. The van der Waals surface area contributed by atoms with Gasteiger partial charge in [-0.15, -0.1) is 0 Å². The maximum absolute atomic E-state index is 11.4. The molecule has 0 aliphatic carbocycles. The van der Waals surface area contributed by atoms with Crippen LogP contribution in [0, 0.1) is 0 Å². The van der Waals surface area contributed by atoms with E-state index in [1.807, 2.05) is 24.4 Å². The van der Waals surface area contributed by atoms with Gasteiger partial charge in [0.1, 0.15) is 5.75 Å². The van der Waals surface area contributed by atoms with Crippen LogP contribution in [-0.2, 0) is 4.79 Å². The van der Waals surface area contributed by atoms with Gasteiger partial charge in [0.2, 0.25) is 0 Å². The highest BCUT2D eigenvalue weighted by molar-refractivity contribution is 9.10. The Balaban J connectivity index is 2.76. The second-order valence-electron chi connectivity index (χ2n) is 4.56. The van der Waals surface area contributed by atoms with Crippen LogP contribution in [0.4, 0.5) is 4.79 Å². The lowest BCUT2D eigenvalue weighted by atomic mass is 10.1. The molecular weight excluding hydrogens is 338 g/mol. The second-order valence-corrected chi connectivity index (χ2v) is 5.47. The molecule has 116 valence electrons. The number of carbonyl (C=O) groups excluding carboxylic acids is 2. The van der Waals surface area contributed by atoms with Gasteiger partial charge in [-0.25, -0.2) is 4.79 Å². The van der Waals surface area contributed by atoms with Crippen LogP contribution in [0.25, 0.3) is 0 Å². The Labute approximate surface area is 132 Å². The van der Waals surface area contributed by atoms with E-state index in [1.54, 1.807) is 6.07 Å². The van der Waals surface area contributed by atoms with Crippen molar-refractivity contribution in [2.45, 2.75) is 26.3 Å². The summed E-state index contributed by atoms with van der Waals surface area (Å²) in [6, 6.07) is 4.74. The van der Waals surface area contributed by atoms with Crippen LogP contribution < -0.4 is 21.1 Å². The largest absolute Gasteiger partial charge is 0.483 e. The van der Waals surface area contributed by atoms with Crippen molar-refractivity contribution in [2.24, 2.45) is 5.73 Å². The number of urea groups is 1.